The van der Waals surface area contributed by atoms with Crippen molar-refractivity contribution < 1.29 is 19.3 Å². The number of benzene rings is 3. The van der Waals surface area contributed by atoms with E-state index in [0.717, 1.165) is 4.90 Å². The fourth-order valence-corrected chi connectivity index (χ4v) is 3.87. The summed E-state index contributed by atoms with van der Waals surface area (Å²) in [6, 6.07) is 15.2. The van der Waals surface area contributed by atoms with Gasteiger partial charge in [0.05, 0.1) is 26.1 Å². The highest BCUT2D eigenvalue weighted by Gasteiger charge is 2.42. The Morgan fingerprint density at radius 3 is 2.09 bits per heavy atom. The van der Waals surface area contributed by atoms with Gasteiger partial charge < -0.3 is 5.32 Å². The van der Waals surface area contributed by atoms with Crippen molar-refractivity contribution in [3.8, 4) is 0 Å². The van der Waals surface area contributed by atoms with Crippen LogP contribution in [0.1, 0.15) is 26.3 Å². The Labute approximate surface area is 197 Å². The number of nitro benzene ring substituents is 1. The van der Waals surface area contributed by atoms with Crippen LogP contribution >= 0.6 is 23.2 Å². The second-order valence-electron chi connectivity index (χ2n) is 7.29. The van der Waals surface area contributed by atoms with Gasteiger partial charge in [-0.15, -0.1) is 0 Å². The highest BCUT2D eigenvalue weighted by Crippen LogP contribution is 2.28. The molecule has 0 aromatic heterocycles. The lowest BCUT2D eigenvalue weighted by Crippen LogP contribution is -2.48. The topological polar surface area (TPSA) is 110 Å². The normalized spacial score (nSPS) is 13.6. The molecule has 166 valence electrons. The number of nitrogens with zero attached hydrogens (tertiary/aromatic N) is 2. The van der Waals surface area contributed by atoms with Crippen LogP contribution in [0, 0.1) is 10.1 Å². The Balaban J connectivity index is 1.68. The van der Waals surface area contributed by atoms with Gasteiger partial charge in [0, 0.05) is 24.2 Å². The minimum Gasteiger partial charge on any atom is -0.324 e. The summed E-state index contributed by atoms with van der Waals surface area (Å²) < 4.78 is 0. The summed E-state index contributed by atoms with van der Waals surface area (Å²) in [6.07, 6.45) is -0.0450. The monoisotopic (exact) mass is 483 g/mol. The highest BCUT2D eigenvalue weighted by atomic mass is 35.5. The number of nitrogens with one attached hydrogen (secondary N) is 1. The summed E-state index contributed by atoms with van der Waals surface area (Å²) in [5.74, 6) is -1.81. The lowest BCUT2D eigenvalue weighted by atomic mass is 10.0. The minimum absolute atomic E-state index is 0.0450. The van der Waals surface area contributed by atoms with Crippen molar-refractivity contribution in [3.63, 3.8) is 0 Å². The molecule has 33 heavy (non-hydrogen) atoms. The van der Waals surface area contributed by atoms with Crippen LogP contribution in [0.5, 0.6) is 0 Å². The van der Waals surface area contributed by atoms with Gasteiger partial charge in [-0.25, -0.2) is 0 Å². The maximum atomic E-state index is 13.3. The number of carbonyl (C=O) groups is 3. The van der Waals surface area contributed by atoms with Crippen LogP contribution in [-0.2, 0) is 11.2 Å². The second kappa shape index (κ2) is 9.01. The first-order valence-corrected chi connectivity index (χ1v) is 10.5. The molecule has 8 nitrogen and oxygen atoms in total. The molecule has 1 unspecified atom stereocenters. The number of carbonyl (C=O) groups excluding carboxylic acids is 3. The van der Waals surface area contributed by atoms with Crippen molar-refractivity contribution in [1.82, 2.24) is 4.90 Å². The number of amides is 3. The summed E-state index contributed by atoms with van der Waals surface area (Å²) in [6.45, 7) is 0. The quantitative estimate of drug-likeness (QED) is 0.309. The molecule has 1 aliphatic rings. The van der Waals surface area contributed by atoms with E-state index in [1.165, 1.54) is 54.6 Å². The molecule has 0 fully saturated rings. The van der Waals surface area contributed by atoms with Gasteiger partial charge in [-0.05, 0) is 35.9 Å². The predicted octanol–water partition coefficient (Wildman–Crippen LogP) is 4.75. The first-order valence-electron chi connectivity index (χ1n) is 9.72. The van der Waals surface area contributed by atoms with Crippen LogP contribution in [0.4, 0.5) is 11.4 Å². The number of rotatable bonds is 6. The molecule has 0 spiro atoms. The van der Waals surface area contributed by atoms with Crippen LogP contribution in [0.2, 0.25) is 10.0 Å². The van der Waals surface area contributed by atoms with Gasteiger partial charge in [0.2, 0.25) is 5.91 Å². The molecule has 0 radical (unpaired) electrons. The predicted molar refractivity (Wildman–Crippen MR) is 123 cm³/mol. The van der Waals surface area contributed by atoms with E-state index in [0.29, 0.717) is 16.3 Å². The van der Waals surface area contributed by atoms with Crippen molar-refractivity contribution in [2.45, 2.75) is 12.5 Å². The van der Waals surface area contributed by atoms with E-state index in [4.69, 9.17) is 23.2 Å². The average molecular weight is 484 g/mol. The van der Waals surface area contributed by atoms with E-state index >= 15 is 0 Å². The van der Waals surface area contributed by atoms with Gasteiger partial charge in [-0.1, -0.05) is 47.5 Å². The molecule has 1 aliphatic heterocycles. The van der Waals surface area contributed by atoms with Crippen molar-refractivity contribution in [2.75, 3.05) is 5.32 Å². The van der Waals surface area contributed by atoms with Crippen molar-refractivity contribution in [1.29, 1.82) is 0 Å². The third kappa shape index (κ3) is 4.44. The SMILES string of the molecule is O=C(Nc1ccc(Cl)c(Cl)c1)C(Cc1ccc([N+](=O)[O-])cc1)N1C(=O)c2ccccc2C1=O. The van der Waals surface area contributed by atoms with Gasteiger partial charge in [0.1, 0.15) is 6.04 Å². The average Bonchev–Trinajstić information content (AvgIpc) is 3.05. The molecule has 0 saturated heterocycles. The lowest BCUT2D eigenvalue weighted by Gasteiger charge is -2.25. The van der Waals surface area contributed by atoms with Gasteiger partial charge in [0.15, 0.2) is 0 Å². The van der Waals surface area contributed by atoms with Gasteiger partial charge in [-0.2, -0.15) is 0 Å². The highest BCUT2D eigenvalue weighted by molar-refractivity contribution is 6.42. The molecule has 10 heteroatoms. The van der Waals surface area contributed by atoms with E-state index in [-0.39, 0.29) is 28.3 Å². The van der Waals surface area contributed by atoms with Gasteiger partial charge in [-0.3, -0.25) is 29.4 Å². The molecular formula is C23H15Cl2N3O5. The minimum atomic E-state index is -1.21. The van der Waals surface area contributed by atoms with E-state index in [9.17, 15) is 24.5 Å². The fraction of sp³-hybridized carbons (Fsp3) is 0.0870. The number of hydrogen-bond donors (Lipinski definition) is 1. The van der Waals surface area contributed by atoms with Gasteiger partial charge in [0.25, 0.3) is 17.5 Å². The second-order valence-corrected chi connectivity index (χ2v) is 8.10. The fourth-order valence-electron chi connectivity index (χ4n) is 3.57. The van der Waals surface area contributed by atoms with Gasteiger partial charge >= 0.3 is 0 Å². The van der Waals surface area contributed by atoms with Crippen molar-refractivity contribution in [3.05, 3.63) is 104 Å². The first kappa shape index (κ1) is 22.4. The Bertz CT molecular complexity index is 1260. The maximum Gasteiger partial charge on any atom is 0.269 e. The number of non-ortho nitro benzene ring substituents is 1. The van der Waals surface area contributed by atoms with Crippen LogP contribution in [-0.4, -0.2) is 33.6 Å². The third-order valence-electron chi connectivity index (χ3n) is 5.20. The molecule has 4 rings (SSSR count). The Morgan fingerprint density at radius 1 is 0.939 bits per heavy atom. The van der Waals surface area contributed by atoms with E-state index in [2.05, 4.69) is 5.32 Å². The molecule has 0 bridgehead atoms. The molecule has 1 atom stereocenters. The Hall–Kier alpha value is -3.75. The molecule has 1 N–H and O–H groups in total. The Kier molecular flexibility index (Phi) is 6.13. The van der Waals surface area contributed by atoms with Crippen molar-refractivity contribution >= 4 is 52.3 Å². The molecule has 0 saturated carbocycles. The van der Waals surface area contributed by atoms with Crippen LogP contribution in [0.25, 0.3) is 0 Å². The zero-order chi connectivity index (χ0) is 23.7. The van der Waals surface area contributed by atoms with Crippen LogP contribution in [0.15, 0.2) is 66.7 Å². The lowest BCUT2D eigenvalue weighted by molar-refractivity contribution is -0.384. The molecular weight excluding hydrogens is 469 g/mol. The molecule has 3 amide bonds. The van der Waals surface area contributed by atoms with Crippen molar-refractivity contribution in [2.24, 2.45) is 0 Å². The number of anilines is 1. The zero-order valence-corrected chi connectivity index (χ0v) is 18.3. The van der Waals surface area contributed by atoms with Crippen LogP contribution < -0.4 is 5.32 Å². The smallest absolute Gasteiger partial charge is 0.269 e. The Morgan fingerprint density at radius 2 is 1.55 bits per heavy atom. The summed E-state index contributed by atoms with van der Waals surface area (Å²) in [5, 5.41) is 14.1. The molecule has 1 heterocycles. The summed E-state index contributed by atoms with van der Waals surface area (Å²) in [7, 11) is 0. The number of hydrogen-bond acceptors (Lipinski definition) is 5. The third-order valence-corrected chi connectivity index (χ3v) is 5.94. The number of nitro groups is 1. The first-order chi connectivity index (χ1) is 15.8. The molecule has 3 aromatic carbocycles. The number of imide groups is 1. The summed E-state index contributed by atoms with van der Waals surface area (Å²) in [4.78, 5) is 50.7. The summed E-state index contributed by atoms with van der Waals surface area (Å²) >= 11 is 11.9. The van der Waals surface area contributed by atoms with E-state index < -0.39 is 28.7 Å². The number of fused-ring (bicyclic) bond motifs is 1. The zero-order valence-electron chi connectivity index (χ0n) is 16.8. The van der Waals surface area contributed by atoms with E-state index in [1.807, 2.05) is 0 Å². The number of halogens is 2. The molecule has 0 aliphatic carbocycles. The van der Waals surface area contributed by atoms with E-state index in [1.54, 1.807) is 12.1 Å². The summed E-state index contributed by atoms with van der Waals surface area (Å²) in [5.41, 5.74) is 1.17. The van der Waals surface area contributed by atoms with Crippen LogP contribution in [0.3, 0.4) is 0 Å². The molecule has 3 aromatic rings. The maximum absolute atomic E-state index is 13.3. The standard InChI is InChI=1S/C23H15Cl2N3O5/c24-18-10-7-14(12-19(18)25)26-21(29)20(11-13-5-8-15(9-6-13)28(32)33)27-22(30)16-3-1-2-4-17(16)23(27)31/h1-10,12,20H,11H2,(H,26,29). The largest absolute Gasteiger partial charge is 0.324 e.